The first-order chi connectivity index (χ1) is 13.0. The van der Waals surface area contributed by atoms with Gasteiger partial charge in [-0.1, -0.05) is 12.2 Å². The molecule has 9 heteroatoms. The van der Waals surface area contributed by atoms with Gasteiger partial charge in [-0.2, -0.15) is 10.1 Å². The van der Waals surface area contributed by atoms with Gasteiger partial charge in [0.05, 0.1) is 48.8 Å². The zero-order valence-corrected chi connectivity index (χ0v) is 14.7. The van der Waals surface area contributed by atoms with Gasteiger partial charge in [-0.05, 0) is 24.3 Å². The maximum atomic E-state index is 12.6. The molecule has 1 aromatic carbocycles. The summed E-state index contributed by atoms with van der Waals surface area (Å²) in [6, 6.07) is 2.60. The predicted molar refractivity (Wildman–Crippen MR) is 93.4 cm³/mol. The van der Waals surface area contributed by atoms with E-state index >= 15 is 0 Å². The number of benzene rings is 1. The van der Waals surface area contributed by atoms with E-state index in [1.807, 2.05) is 12.2 Å². The van der Waals surface area contributed by atoms with Crippen molar-refractivity contribution in [2.75, 3.05) is 14.2 Å². The number of allylic oxidation sites excluding steroid dienone is 2. The lowest BCUT2D eigenvalue weighted by Crippen LogP contribution is -2.28. The summed E-state index contributed by atoms with van der Waals surface area (Å²) in [4.78, 5) is 36.0. The molecular formula is C18H17N3O6. The minimum atomic E-state index is -0.587. The third-order valence-corrected chi connectivity index (χ3v) is 5.49. The number of hydrazone groups is 1. The van der Waals surface area contributed by atoms with Crippen molar-refractivity contribution in [3.63, 3.8) is 0 Å². The van der Waals surface area contributed by atoms with Gasteiger partial charge in [0.25, 0.3) is 17.5 Å². The molecular weight excluding hydrogens is 354 g/mol. The van der Waals surface area contributed by atoms with Gasteiger partial charge in [0.15, 0.2) is 11.5 Å². The van der Waals surface area contributed by atoms with Crippen LogP contribution in [0.4, 0.5) is 5.69 Å². The summed E-state index contributed by atoms with van der Waals surface area (Å²) in [5.74, 6) is -0.800. The number of nitrogens with zero attached hydrogens (tertiary/aromatic N) is 3. The number of methoxy groups -OCH3 is 2. The topological polar surface area (TPSA) is 111 Å². The van der Waals surface area contributed by atoms with Crippen molar-refractivity contribution in [2.24, 2.45) is 28.8 Å². The molecule has 1 aliphatic heterocycles. The lowest BCUT2D eigenvalue weighted by Gasteiger charge is -2.13. The molecule has 2 aliphatic carbocycles. The predicted octanol–water partition coefficient (Wildman–Crippen LogP) is 1.75. The summed E-state index contributed by atoms with van der Waals surface area (Å²) in [6.07, 6.45) is 5.95. The molecule has 2 amide bonds. The monoisotopic (exact) mass is 371 g/mol. The molecule has 1 aromatic rings. The van der Waals surface area contributed by atoms with Gasteiger partial charge in [-0.25, -0.2) is 0 Å². The van der Waals surface area contributed by atoms with E-state index in [1.54, 1.807) is 0 Å². The molecule has 0 radical (unpaired) electrons. The van der Waals surface area contributed by atoms with Crippen LogP contribution >= 0.6 is 0 Å². The lowest BCUT2D eigenvalue weighted by atomic mass is 9.85. The fourth-order valence-electron chi connectivity index (χ4n) is 4.27. The molecule has 2 fully saturated rings. The first-order valence-electron chi connectivity index (χ1n) is 8.46. The molecule has 27 heavy (non-hydrogen) atoms. The molecule has 2 bridgehead atoms. The summed E-state index contributed by atoms with van der Waals surface area (Å²) in [5.41, 5.74) is -0.158. The number of hydrogen-bond acceptors (Lipinski definition) is 7. The summed E-state index contributed by atoms with van der Waals surface area (Å²) >= 11 is 0. The van der Waals surface area contributed by atoms with Gasteiger partial charge >= 0.3 is 0 Å². The first-order valence-corrected chi connectivity index (χ1v) is 8.46. The summed E-state index contributed by atoms with van der Waals surface area (Å²) in [7, 11) is 2.78. The summed E-state index contributed by atoms with van der Waals surface area (Å²) in [6.45, 7) is 0. The van der Waals surface area contributed by atoms with Crippen molar-refractivity contribution >= 4 is 23.7 Å². The number of imide groups is 1. The first kappa shape index (κ1) is 17.2. The zero-order valence-electron chi connectivity index (χ0n) is 14.7. The van der Waals surface area contributed by atoms with E-state index in [9.17, 15) is 19.7 Å². The van der Waals surface area contributed by atoms with Crippen molar-refractivity contribution in [3.05, 3.63) is 40.0 Å². The van der Waals surface area contributed by atoms with E-state index in [1.165, 1.54) is 26.4 Å². The number of rotatable bonds is 5. The zero-order chi connectivity index (χ0) is 19.3. The molecule has 3 aliphatic rings. The van der Waals surface area contributed by atoms with Gasteiger partial charge in [0.2, 0.25) is 0 Å². The smallest absolute Gasteiger partial charge is 0.282 e. The second-order valence-corrected chi connectivity index (χ2v) is 6.76. The SMILES string of the molecule is COc1cc(C=NN2C(=O)C3C4C=CC(C4)C3C2=O)c([N+](=O)[O-])cc1OC. The number of hydrogen-bond donors (Lipinski definition) is 0. The average Bonchev–Trinajstić information content (AvgIpc) is 3.34. The largest absolute Gasteiger partial charge is 0.493 e. The second kappa shape index (κ2) is 6.19. The minimum absolute atomic E-state index is 0.0760. The van der Waals surface area contributed by atoms with Gasteiger partial charge in [0.1, 0.15) is 0 Å². The molecule has 140 valence electrons. The van der Waals surface area contributed by atoms with Crippen molar-refractivity contribution < 1.29 is 24.0 Å². The van der Waals surface area contributed by atoms with Gasteiger partial charge in [-0.15, -0.1) is 0 Å². The van der Waals surface area contributed by atoms with Crippen LogP contribution in [0.2, 0.25) is 0 Å². The number of ether oxygens (including phenoxy) is 2. The van der Waals surface area contributed by atoms with Crippen molar-refractivity contribution in [2.45, 2.75) is 6.42 Å². The Labute approximate surface area is 154 Å². The Morgan fingerprint density at radius 1 is 1.11 bits per heavy atom. The van der Waals surface area contributed by atoms with E-state index < -0.39 is 4.92 Å². The highest BCUT2D eigenvalue weighted by atomic mass is 16.6. The third kappa shape index (κ3) is 2.49. The molecule has 1 saturated heterocycles. The highest BCUT2D eigenvalue weighted by Crippen LogP contribution is 2.52. The molecule has 0 spiro atoms. The van der Waals surface area contributed by atoms with Crippen molar-refractivity contribution in [1.29, 1.82) is 0 Å². The van der Waals surface area contributed by atoms with Crippen LogP contribution < -0.4 is 9.47 Å². The van der Waals surface area contributed by atoms with Crippen molar-refractivity contribution in [3.8, 4) is 11.5 Å². The van der Waals surface area contributed by atoms with Crippen LogP contribution in [0.5, 0.6) is 11.5 Å². The number of carbonyl (C=O) groups excluding carboxylic acids is 2. The molecule has 4 atom stereocenters. The lowest BCUT2D eigenvalue weighted by molar-refractivity contribution is -0.385. The Morgan fingerprint density at radius 2 is 1.67 bits per heavy atom. The van der Waals surface area contributed by atoms with Crippen LogP contribution in [-0.4, -0.2) is 42.2 Å². The Hall–Kier alpha value is -3.23. The van der Waals surface area contributed by atoms with E-state index in [0.29, 0.717) is 0 Å². The Bertz CT molecular complexity index is 879. The molecule has 1 saturated carbocycles. The second-order valence-electron chi connectivity index (χ2n) is 6.76. The number of nitro benzene ring substituents is 1. The van der Waals surface area contributed by atoms with Crippen LogP contribution in [-0.2, 0) is 9.59 Å². The Kier molecular flexibility index (Phi) is 3.94. The van der Waals surface area contributed by atoms with E-state index in [0.717, 1.165) is 17.6 Å². The molecule has 1 heterocycles. The molecule has 0 N–H and O–H groups in total. The number of fused-ring (bicyclic) bond motifs is 5. The standard InChI is InChI=1S/C18H17N3O6/c1-26-13-6-11(12(21(24)25)7-14(13)27-2)8-19-20-17(22)15-9-3-4-10(5-9)16(15)18(20)23/h3-4,6-10,15-16H,5H2,1-2H3. The highest BCUT2D eigenvalue weighted by Gasteiger charge is 2.59. The van der Waals surface area contributed by atoms with Crippen molar-refractivity contribution in [1.82, 2.24) is 5.01 Å². The third-order valence-electron chi connectivity index (χ3n) is 5.49. The van der Waals surface area contributed by atoms with Crippen LogP contribution in [0, 0.1) is 33.8 Å². The molecule has 0 aromatic heterocycles. The van der Waals surface area contributed by atoms with Crippen LogP contribution in [0.15, 0.2) is 29.4 Å². The number of carbonyl (C=O) groups is 2. The average molecular weight is 371 g/mol. The van der Waals surface area contributed by atoms with Crippen LogP contribution in [0.1, 0.15) is 12.0 Å². The summed E-state index contributed by atoms with van der Waals surface area (Å²) < 4.78 is 10.2. The van der Waals surface area contributed by atoms with Crippen LogP contribution in [0.3, 0.4) is 0 Å². The van der Waals surface area contributed by atoms with Gasteiger partial charge in [-0.3, -0.25) is 19.7 Å². The normalized spacial score (nSPS) is 28.3. The number of nitro groups is 1. The molecule has 4 rings (SSSR count). The molecule has 4 unspecified atom stereocenters. The van der Waals surface area contributed by atoms with E-state index in [2.05, 4.69) is 5.10 Å². The highest BCUT2D eigenvalue weighted by molar-refractivity contribution is 6.07. The molecule has 9 nitrogen and oxygen atoms in total. The maximum absolute atomic E-state index is 12.6. The quantitative estimate of drug-likeness (QED) is 0.256. The van der Waals surface area contributed by atoms with Crippen LogP contribution in [0.25, 0.3) is 0 Å². The minimum Gasteiger partial charge on any atom is -0.493 e. The Morgan fingerprint density at radius 3 is 2.19 bits per heavy atom. The van der Waals surface area contributed by atoms with E-state index in [-0.39, 0.29) is 58.2 Å². The summed E-state index contributed by atoms with van der Waals surface area (Å²) in [5, 5.41) is 16.2. The fraction of sp³-hybridized carbons (Fsp3) is 0.389. The fourth-order valence-corrected chi connectivity index (χ4v) is 4.27. The van der Waals surface area contributed by atoms with E-state index in [4.69, 9.17) is 9.47 Å². The van der Waals surface area contributed by atoms with Gasteiger partial charge in [0, 0.05) is 0 Å². The Balaban J connectivity index is 1.66. The number of amides is 2. The van der Waals surface area contributed by atoms with Gasteiger partial charge < -0.3 is 9.47 Å². The maximum Gasteiger partial charge on any atom is 0.282 e.